The van der Waals surface area contributed by atoms with Crippen LogP contribution >= 0.6 is 11.6 Å². The number of halogens is 2. The Kier molecular flexibility index (Phi) is 6.74. The second-order valence-corrected chi connectivity index (χ2v) is 5.88. The Morgan fingerprint density at radius 1 is 1.27 bits per heavy atom. The Morgan fingerprint density at radius 2 is 2.00 bits per heavy atom. The number of hydrogen-bond acceptors (Lipinski definition) is 3. The van der Waals surface area contributed by atoms with Gasteiger partial charge in [0, 0.05) is 23.7 Å². The third-order valence-electron chi connectivity index (χ3n) is 3.50. The van der Waals surface area contributed by atoms with Gasteiger partial charge in [-0.1, -0.05) is 29.8 Å². The molecule has 0 radical (unpaired) electrons. The highest BCUT2D eigenvalue weighted by Gasteiger charge is 2.13. The average molecular weight is 377 g/mol. The van der Waals surface area contributed by atoms with E-state index in [1.54, 1.807) is 36.4 Å². The Morgan fingerprint density at radius 3 is 2.69 bits per heavy atom. The fraction of sp³-hybridized carbons (Fsp3) is 0.158. The summed E-state index contributed by atoms with van der Waals surface area (Å²) in [4.78, 5) is 25.4. The number of nitrogens with one attached hydrogen (secondary N) is 1. The molecule has 0 saturated heterocycles. The van der Waals surface area contributed by atoms with Gasteiger partial charge in [-0.05, 0) is 30.3 Å². The standard InChI is InChI=1S/C19H18ClFN2O3/c1-23(19(25)10-7-13-5-3-4-6-15(13)21)12-18(24)22-16-11-14(20)8-9-17(16)26-2/h3-11H,12H2,1-2H3,(H,22,24). The van der Waals surface area contributed by atoms with E-state index in [2.05, 4.69) is 5.32 Å². The van der Waals surface area contributed by atoms with E-state index in [1.807, 2.05) is 0 Å². The van der Waals surface area contributed by atoms with E-state index >= 15 is 0 Å². The maximum absolute atomic E-state index is 13.5. The second-order valence-electron chi connectivity index (χ2n) is 5.44. The molecule has 2 aromatic rings. The van der Waals surface area contributed by atoms with E-state index < -0.39 is 17.6 Å². The summed E-state index contributed by atoms with van der Waals surface area (Å²) in [6, 6.07) is 10.9. The van der Waals surface area contributed by atoms with Crippen LogP contribution in [0.3, 0.4) is 0 Å². The normalized spacial score (nSPS) is 10.6. The zero-order valence-electron chi connectivity index (χ0n) is 14.3. The molecule has 136 valence electrons. The van der Waals surface area contributed by atoms with Gasteiger partial charge in [-0.25, -0.2) is 4.39 Å². The predicted molar refractivity (Wildman–Crippen MR) is 99.7 cm³/mol. The third kappa shape index (κ3) is 5.32. The number of benzene rings is 2. The van der Waals surface area contributed by atoms with Crippen molar-refractivity contribution in [1.29, 1.82) is 0 Å². The zero-order chi connectivity index (χ0) is 19.1. The first-order valence-electron chi connectivity index (χ1n) is 7.72. The van der Waals surface area contributed by atoms with Gasteiger partial charge in [0.25, 0.3) is 0 Å². The molecule has 0 bridgehead atoms. The number of nitrogens with zero attached hydrogens (tertiary/aromatic N) is 1. The summed E-state index contributed by atoms with van der Waals surface area (Å²) in [5.41, 5.74) is 0.704. The highest BCUT2D eigenvalue weighted by Crippen LogP contribution is 2.27. The minimum Gasteiger partial charge on any atom is -0.495 e. The second kappa shape index (κ2) is 9.01. The zero-order valence-corrected chi connectivity index (χ0v) is 15.1. The SMILES string of the molecule is COc1ccc(Cl)cc1NC(=O)CN(C)C(=O)C=Cc1ccccc1F. The third-order valence-corrected chi connectivity index (χ3v) is 3.74. The van der Waals surface area contributed by atoms with Crippen LogP contribution in [-0.4, -0.2) is 37.4 Å². The number of likely N-dealkylation sites (N-methyl/N-ethyl adjacent to an activating group) is 1. The fourth-order valence-electron chi connectivity index (χ4n) is 2.16. The molecule has 1 N–H and O–H groups in total. The topological polar surface area (TPSA) is 58.6 Å². The quantitative estimate of drug-likeness (QED) is 0.784. The van der Waals surface area contributed by atoms with Crippen LogP contribution in [0.4, 0.5) is 10.1 Å². The van der Waals surface area contributed by atoms with Crippen molar-refractivity contribution >= 4 is 35.2 Å². The molecule has 0 unspecified atom stereocenters. The maximum Gasteiger partial charge on any atom is 0.246 e. The highest BCUT2D eigenvalue weighted by atomic mass is 35.5. The fourth-order valence-corrected chi connectivity index (χ4v) is 2.33. The van der Waals surface area contributed by atoms with E-state index in [0.717, 1.165) is 0 Å². The molecule has 0 heterocycles. The molecule has 2 amide bonds. The smallest absolute Gasteiger partial charge is 0.246 e. The van der Waals surface area contributed by atoms with E-state index in [1.165, 1.54) is 37.3 Å². The van der Waals surface area contributed by atoms with Gasteiger partial charge in [0.1, 0.15) is 11.6 Å². The van der Waals surface area contributed by atoms with Crippen LogP contribution < -0.4 is 10.1 Å². The van der Waals surface area contributed by atoms with E-state index in [9.17, 15) is 14.0 Å². The van der Waals surface area contributed by atoms with Gasteiger partial charge in [-0.3, -0.25) is 9.59 Å². The summed E-state index contributed by atoms with van der Waals surface area (Å²) in [6.45, 7) is -0.184. The Labute approximate surface area is 156 Å². The molecule has 0 aliphatic carbocycles. The number of hydrogen-bond donors (Lipinski definition) is 1. The molecule has 7 heteroatoms. The Balaban J connectivity index is 1.97. The highest BCUT2D eigenvalue weighted by molar-refractivity contribution is 6.31. The van der Waals surface area contributed by atoms with Crippen molar-refractivity contribution in [1.82, 2.24) is 4.90 Å². The Hall–Kier alpha value is -2.86. The molecule has 0 atom stereocenters. The minimum atomic E-state index is -0.429. The number of carbonyl (C=O) groups is 2. The van der Waals surface area contributed by atoms with Crippen molar-refractivity contribution in [3.8, 4) is 5.75 Å². The molecule has 0 aliphatic rings. The maximum atomic E-state index is 13.5. The lowest BCUT2D eigenvalue weighted by Gasteiger charge is -2.16. The molecule has 0 saturated carbocycles. The lowest BCUT2D eigenvalue weighted by atomic mass is 10.2. The van der Waals surface area contributed by atoms with Gasteiger partial charge in [0.05, 0.1) is 19.3 Å². The number of anilines is 1. The number of rotatable bonds is 6. The lowest BCUT2D eigenvalue weighted by molar-refractivity contribution is -0.129. The largest absolute Gasteiger partial charge is 0.495 e. The van der Waals surface area contributed by atoms with Crippen molar-refractivity contribution in [3.63, 3.8) is 0 Å². The minimum absolute atomic E-state index is 0.184. The first kappa shape index (κ1) is 19.5. The number of ether oxygens (including phenoxy) is 1. The monoisotopic (exact) mass is 376 g/mol. The molecule has 26 heavy (non-hydrogen) atoms. The van der Waals surface area contributed by atoms with Gasteiger partial charge in [-0.15, -0.1) is 0 Å². The van der Waals surface area contributed by atoms with Crippen molar-refractivity contribution < 1.29 is 18.7 Å². The lowest BCUT2D eigenvalue weighted by Crippen LogP contribution is -2.33. The molecule has 2 rings (SSSR count). The molecule has 0 spiro atoms. The summed E-state index contributed by atoms with van der Waals surface area (Å²) in [6.07, 6.45) is 2.58. The van der Waals surface area contributed by atoms with Crippen molar-refractivity contribution in [3.05, 3.63) is 64.9 Å². The number of methoxy groups -OCH3 is 1. The molecule has 5 nitrogen and oxygen atoms in total. The first-order valence-corrected chi connectivity index (χ1v) is 8.09. The van der Waals surface area contributed by atoms with Gasteiger partial charge in [0.2, 0.25) is 11.8 Å². The predicted octanol–water partition coefficient (Wildman–Crippen LogP) is 3.60. The van der Waals surface area contributed by atoms with Crippen molar-refractivity contribution in [2.45, 2.75) is 0 Å². The van der Waals surface area contributed by atoms with Crippen LogP contribution in [0.5, 0.6) is 5.75 Å². The summed E-state index contributed by atoms with van der Waals surface area (Å²) in [7, 11) is 2.95. The van der Waals surface area contributed by atoms with E-state index in [0.29, 0.717) is 22.0 Å². The number of amides is 2. The first-order chi connectivity index (χ1) is 12.4. The summed E-state index contributed by atoms with van der Waals surface area (Å²) in [5.74, 6) is -0.816. The Bertz CT molecular complexity index is 839. The average Bonchev–Trinajstić information content (AvgIpc) is 2.60. The molecule has 0 aliphatic heterocycles. The van der Waals surface area contributed by atoms with Crippen molar-refractivity contribution in [2.24, 2.45) is 0 Å². The molecular weight excluding hydrogens is 359 g/mol. The van der Waals surface area contributed by atoms with Gasteiger partial charge >= 0.3 is 0 Å². The van der Waals surface area contributed by atoms with Crippen LogP contribution in [0.25, 0.3) is 6.08 Å². The number of carbonyl (C=O) groups excluding carboxylic acids is 2. The summed E-state index contributed by atoms with van der Waals surface area (Å²) < 4.78 is 18.7. The molecule has 2 aromatic carbocycles. The summed E-state index contributed by atoms with van der Waals surface area (Å²) in [5, 5.41) is 3.09. The van der Waals surface area contributed by atoms with Crippen LogP contribution in [0.15, 0.2) is 48.5 Å². The molecule has 0 fully saturated rings. The molecular formula is C19H18ClFN2O3. The van der Waals surface area contributed by atoms with Gasteiger partial charge < -0.3 is 15.0 Å². The van der Waals surface area contributed by atoms with E-state index in [-0.39, 0.29) is 6.54 Å². The van der Waals surface area contributed by atoms with Crippen LogP contribution in [0.1, 0.15) is 5.56 Å². The van der Waals surface area contributed by atoms with E-state index in [4.69, 9.17) is 16.3 Å². The van der Waals surface area contributed by atoms with Gasteiger partial charge in [0.15, 0.2) is 0 Å². The van der Waals surface area contributed by atoms with Crippen LogP contribution in [0.2, 0.25) is 5.02 Å². The van der Waals surface area contributed by atoms with Crippen LogP contribution in [-0.2, 0) is 9.59 Å². The van der Waals surface area contributed by atoms with Gasteiger partial charge in [-0.2, -0.15) is 0 Å². The molecule has 0 aromatic heterocycles. The van der Waals surface area contributed by atoms with Crippen LogP contribution in [0, 0.1) is 5.82 Å². The summed E-state index contributed by atoms with van der Waals surface area (Å²) >= 11 is 5.91. The van der Waals surface area contributed by atoms with Crippen molar-refractivity contribution in [2.75, 3.05) is 26.0 Å².